The number of benzene rings is 1. The van der Waals surface area contributed by atoms with Crippen LogP contribution in [0.3, 0.4) is 0 Å². The SMILES string of the molecule is Fc1cc2ncn(Cc3cccs3)c2cc1F. The summed E-state index contributed by atoms with van der Waals surface area (Å²) in [6.45, 7) is 0.624. The van der Waals surface area contributed by atoms with E-state index in [1.807, 2.05) is 22.1 Å². The third-order valence-electron chi connectivity index (χ3n) is 2.57. The normalized spacial score (nSPS) is 11.2. The predicted molar refractivity (Wildman–Crippen MR) is 63.1 cm³/mol. The Hall–Kier alpha value is -1.75. The molecule has 0 N–H and O–H groups in total. The summed E-state index contributed by atoms with van der Waals surface area (Å²) in [5, 5.41) is 1.98. The molecule has 1 aromatic carbocycles. The molecule has 0 amide bonds. The topological polar surface area (TPSA) is 17.8 Å². The van der Waals surface area contributed by atoms with Gasteiger partial charge in [0.05, 0.1) is 23.9 Å². The monoisotopic (exact) mass is 250 g/mol. The van der Waals surface area contributed by atoms with Gasteiger partial charge in [-0.2, -0.15) is 0 Å². The Kier molecular flexibility index (Phi) is 2.40. The third kappa shape index (κ3) is 1.82. The van der Waals surface area contributed by atoms with E-state index in [2.05, 4.69) is 4.98 Å². The maximum atomic E-state index is 13.2. The molecule has 0 aliphatic heterocycles. The summed E-state index contributed by atoms with van der Waals surface area (Å²) in [5.41, 5.74) is 1.08. The zero-order chi connectivity index (χ0) is 11.8. The molecule has 0 atom stereocenters. The largest absolute Gasteiger partial charge is 0.325 e. The maximum Gasteiger partial charge on any atom is 0.161 e. The van der Waals surface area contributed by atoms with Crippen LogP contribution in [0.1, 0.15) is 4.88 Å². The molecule has 3 aromatic rings. The molecule has 0 bridgehead atoms. The number of fused-ring (bicyclic) bond motifs is 1. The molecule has 0 spiro atoms. The predicted octanol–water partition coefficient (Wildman–Crippen LogP) is 3.42. The summed E-state index contributed by atoms with van der Waals surface area (Å²) in [6, 6.07) is 6.26. The molecule has 2 heterocycles. The van der Waals surface area contributed by atoms with Crippen LogP contribution in [0.5, 0.6) is 0 Å². The highest BCUT2D eigenvalue weighted by molar-refractivity contribution is 7.09. The second-order valence-electron chi connectivity index (χ2n) is 3.71. The number of imidazole rings is 1. The highest BCUT2D eigenvalue weighted by Gasteiger charge is 2.09. The van der Waals surface area contributed by atoms with Crippen molar-refractivity contribution < 1.29 is 8.78 Å². The minimum absolute atomic E-state index is 0.473. The molecule has 0 unspecified atom stereocenters. The van der Waals surface area contributed by atoms with Gasteiger partial charge in [0.15, 0.2) is 11.6 Å². The average Bonchev–Trinajstić information content (AvgIpc) is 2.92. The summed E-state index contributed by atoms with van der Waals surface area (Å²) in [7, 11) is 0. The van der Waals surface area contributed by atoms with Gasteiger partial charge in [-0.15, -0.1) is 11.3 Å². The first kappa shape index (κ1) is 10.4. The summed E-state index contributed by atoms with van der Waals surface area (Å²) in [6.07, 6.45) is 1.60. The van der Waals surface area contributed by atoms with Crippen LogP contribution < -0.4 is 0 Å². The average molecular weight is 250 g/mol. The molecule has 5 heteroatoms. The lowest BCUT2D eigenvalue weighted by atomic mass is 10.3. The zero-order valence-electron chi connectivity index (χ0n) is 8.73. The number of halogens is 2. The Morgan fingerprint density at radius 1 is 1.24 bits per heavy atom. The van der Waals surface area contributed by atoms with Crippen LogP contribution in [0.2, 0.25) is 0 Å². The molecule has 17 heavy (non-hydrogen) atoms. The summed E-state index contributed by atoms with van der Waals surface area (Å²) in [5.74, 6) is -1.70. The van der Waals surface area contributed by atoms with E-state index in [-0.39, 0.29) is 0 Å². The lowest BCUT2D eigenvalue weighted by Gasteiger charge is -2.02. The van der Waals surface area contributed by atoms with Crippen molar-refractivity contribution in [2.24, 2.45) is 0 Å². The fourth-order valence-electron chi connectivity index (χ4n) is 1.75. The van der Waals surface area contributed by atoms with Gasteiger partial charge in [-0.05, 0) is 11.4 Å². The van der Waals surface area contributed by atoms with E-state index in [4.69, 9.17) is 0 Å². The van der Waals surface area contributed by atoms with Crippen LogP contribution in [0.4, 0.5) is 8.78 Å². The van der Waals surface area contributed by atoms with Gasteiger partial charge in [-0.3, -0.25) is 0 Å². The van der Waals surface area contributed by atoms with Gasteiger partial charge >= 0.3 is 0 Å². The Morgan fingerprint density at radius 3 is 2.82 bits per heavy atom. The van der Waals surface area contributed by atoms with E-state index >= 15 is 0 Å². The van der Waals surface area contributed by atoms with Gasteiger partial charge in [0.2, 0.25) is 0 Å². The van der Waals surface area contributed by atoms with E-state index in [0.29, 0.717) is 17.6 Å². The minimum Gasteiger partial charge on any atom is -0.325 e. The first-order valence-corrected chi connectivity index (χ1v) is 5.94. The fourth-order valence-corrected chi connectivity index (χ4v) is 2.45. The van der Waals surface area contributed by atoms with Gasteiger partial charge < -0.3 is 4.57 Å². The lowest BCUT2D eigenvalue weighted by Crippen LogP contribution is -1.96. The Morgan fingerprint density at radius 2 is 2.06 bits per heavy atom. The number of rotatable bonds is 2. The van der Waals surface area contributed by atoms with Crippen LogP contribution in [0, 0.1) is 11.6 Å². The smallest absolute Gasteiger partial charge is 0.161 e. The summed E-state index contributed by atoms with van der Waals surface area (Å²) >= 11 is 1.62. The van der Waals surface area contributed by atoms with Crippen LogP contribution >= 0.6 is 11.3 Å². The molecule has 0 fully saturated rings. The second-order valence-corrected chi connectivity index (χ2v) is 4.74. The Balaban J connectivity index is 2.08. The first-order valence-electron chi connectivity index (χ1n) is 5.06. The van der Waals surface area contributed by atoms with Gasteiger partial charge in [0.25, 0.3) is 0 Å². The van der Waals surface area contributed by atoms with Crippen LogP contribution in [-0.2, 0) is 6.54 Å². The van der Waals surface area contributed by atoms with E-state index in [9.17, 15) is 8.78 Å². The molecule has 0 saturated carbocycles. The molecule has 0 saturated heterocycles. The van der Waals surface area contributed by atoms with E-state index in [0.717, 1.165) is 10.9 Å². The van der Waals surface area contributed by atoms with Crippen molar-refractivity contribution in [2.75, 3.05) is 0 Å². The quantitative estimate of drug-likeness (QED) is 0.681. The molecule has 2 aromatic heterocycles. The molecule has 86 valence electrons. The van der Waals surface area contributed by atoms with E-state index < -0.39 is 11.6 Å². The van der Waals surface area contributed by atoms with Crippen LogP contribution in [-0.4, -0.2) is 9.55 Å². The summed E-state index contributed by atoms with van der Waals surface area (Å²) < 4.78 is 28.0. The standard InChI is InChI=1S/C12H8F2N2S/c13-9-4-11-12(5-10(9)14)16(7-15-11)6-8-2-1-3-17-8/h1-5,7H,6H2. The maximum absolute atomic E-state index is 13.2. The third-order valence-corrected chi connectivity index (χ3v) is 3.43. The fraction of sp³-hybridized carbons (Fsp3) is 0.0833. The highest BCUT2D eigenvalue weighted by atomic mass is 32.1. The van der Waals surface area contributed by atoms with E-state index in [1.165, 1.54) is 6.07 Å². The Labute approximate surface area is 100 Å². The molecule has 2 nitrogen and oxygen atoms in total. The molecular formula is C12H8F2N2S. The van der Waals surface area contributed by atoms with Crippen LogP contribution in [0.25, 0.3) is 11.0 Å². The van der Waals surface area contributed by atoms with Gasteiger partial charge in [-0.1, -0.05) is 6.07 Å². The first-order chi connectivity index (χ1) is 8.24. The lowest BCUT2D eigenvalue weighted by molar-refractivity contribution is 0.510. The van der Waals surface area contributed by atoms with Gasteiger partial charge in [0.1, 0.15) is 0 Å². The summed E-state index contributed by atoms with van der Waals surface area (Å²) in [4.78, 5) is 5.21. The van der Waals surface area contributed by atoms with Gasteiger partial charge in [0, 0.05) is 17.0 Å². The van der Waals surface area contributed by atoms with Crippen molar-refractivity contribution >= 4 is 22.4 Å². The number of hydrogen-bond acceptors (Lipinski definition) is 2. The zero-order valence-corrected chi connectivity index (χ0v) is 9.55. The van der Waals surface area contributed by atoms with Crippen molar-refractivity contribution in [2.45, 2.75) is 6.54 Å². The number of thiophene rings is 1. The molecule has 3 rings (SSSR count). The number of hydrogen-bond donors (Lipinski definition) is 0. The van der Waals surface area contributed by atoms with Crippen molar-refractivity contribution in [1.29, 1.82) is 0 Å². The second kappa shape index (κ2) is 3.92. The van der Waals surface area contributed by atoms with Gasteiger partial charge in [-0.25, -0.2) is 13.8 Å². The molecular weight excluding hydrogens is 242 g/mol. The molecule has 0 aliphatic rings. The number of nitrogens with zero attached hydrogens (tertiary/aromatic N) is 2. The molecule has 0 aliphatic carbocycles. The Bertz CT molecular complexity index is 659. The van der Waals surface area contributed by atoms with E-state index in [1.54, 1.807) is 17.7 Å². The van der Waals surface area contributed by atoms with Crippen molar-refractivity contribution in [3.8, 4) is 0 Å². The highest BCUT2D eigenvalue weighted by Crippen LogP contribution is 2.19. The van der Waals surface area contributed by atoms with Crippen molar-refractivity contribution in [1.82, 2.24) is 9.55 Å². The molecule has 0 radical (unpaired) electrons. The number of aromatic nitrogens is 2. The minimum atomic E-state index is -0.862. The van der Waals surface area contributed by atoms with Crippen LogP contribution in [0.15, 0.2) is 36.0 Å². The van der Waals surface area contributed by atoms with Crippen molar-refractivity contribution in [3.05, 3.63) is 52.5 Å². The van der Waals surface area contributed by atoms with Crippen molar-refractivity contribution in [3.63, 3.8) is 0 Å².